The summed E-state index contributed by atoms with van der Waals surface area (Å²) < 4.78 is 0. The number of aryl methyl sites for hydroxylation is 2. The molecule has 0 spiro atoms. The lowest BCUT2D eigenvalue weighted by atomic mass is 9.90. The summed E-state index contributed by atoms with van der Waals surface area (Å²) in [6, 6.07) is 8.60. The number of piperidine rings is 1. The van der Waals surface area contributed by atoms with Gasteiger partial charge in [0.05, 0.1) is 5.69 Å². The Labute approximate surface area is 120 Å². The lowest BCUT2D eigenvalue weighted by Crippen LogP contribution is -2.29. The maximum atomic E-state index is 4.75. The summed E-state index contributed by atoms with van der Waals surface area (Å²) in [4.78, 5) is 9.16. The number of nitrogens with zero attached hydrogens (tertiary/aromatic N) is 2. The molecule has 1 aromatic carbocycles. The first kappa shape index (κ1) is 13.3. The van der Waals surface area contributed by atoms with Gasteiger partial charge in [-0.05, 0) is 38.8 Å². The van der Waals surface area contributed by atoms with E-state index in [1.807, 2.05) is 13.1 Å². The maximum absolute atomic E-state index is 4.75. The van der Waals surface area contributed by atoms with E-state index < -0.39 is 0 Å². The number of hydrogen-bond acceptors (Lipinski definition) is 3. The number of aromatic nitrogens is 2. The number of nitrogens with one attached hydrogen (secondary N) is 1. The van der Waals surface area contributed by atoms with Gasteiger partial charge in [-0.15, -0.1) is 0 Å². The summed E-state index contributed by atoms with van der Waals surface area (Å²) in [5, 5.41) is 3.48. The molecular weight excluding hydrogens is 246 g/mol. The minimum Gasteiger partial charge on any atom is -0.316 e. The van der Waals surface area contributed by atoms with Gasteiger partial charge < -0.3 is 5.32 Å². The second kappa shape index (κ2) is 5.71. The first-order valence-corrected chi connectivity index (χ1v) is 7.35. The van der Waals surface area contributed by atoms with Crippen LogP contribution in [0.15, 0.2) is 30.5 Å². The van der Waals surface area contributed by atoms with Crippen molar-refractivity contribution >= 4 is 0 Å². The third kappa shape index (κ3) is 2.73. The predicted molar refractivity (Wildman–Crippen MR) is 81.8 cm³/mol. The molecule has 3 rings (SSSR count). The standard InChI is InChI=1S/C17H21N3/c1-12-5-3-6-14(9-12)16-11-19-13(2)20-17(16)15-7-4-8-18-10-15/h3,5-6,9,11,15,18H,4,7-8,10H2,1-2H3. The first-order valence-electron chi connectivity index (χ1n) is 7.35. The molecule has 1 aliphatic heterocycles. The molecule has 0 radical (unpaired) electrons. The lowest BCUT2D eigenvalue weighted by molar-refractivity contribution is 0.454. The van der Waals surface area contributed by atoms with Crippen LogP contribution in [-0.4, -0.2) is 23.1 Å². The van der Waals surface area contributed by atoms with E-state index in [9.17, 15) is 0 Å². The molecule has 2 heterocycles. The van der Waals surface area contributed by atoms with Crippen LogP contribution in [0.25, 0.3) is 11.1 Å². The Morgan fingerprint density at radius 2 is 2.15 bits per heavy atom. The molecule has 0 aliphatic carbocycles. The molecule has 0 amide bonds. The second-order valence-corrected chi connectivity index (χ2v) is 5.63. The molecule has 104 valence electrons. The number of benzene rings is 1. The molecular formula is C17H21N3. The van der Waals surface area contributed by atoms with Crippen LogP contribution in [0.1, 0.15) is 35.8 Å². The van der Waals surface area contributed by atoms with Crippen LogP contribution in [0.4, 0.5) is 0 Å². The van der Waals surface area contributed by atoms with Gasteiger partial charge in [-0.2, -0.15) is 0 Å². The van der Waals surface area contributed by atoms with Crippen LogP contribution >= 0.6 is 0 Å². The zero-order valence-corrected chi connectivity index (χ0v) is 12.2. The lowest BCUT2D eigenvalue weighted by Gasteiger charge is -2.24. The fraction of sp³-hybridized carbons (Fsp3) is 0.412. The quantitative estimate of drug-likeness (QED) is 0.907. The fourth-order valence-corrected chi connectivity index (χ4v) is 2.92. The molecule has 2 aromatic rings. The minimum absolute atomic E-state index is 0.501. The average molecular weight is 267 g/mol. The van der Waals surface area contributed by atoms with Gasteiger partial charge in [0.2, 0.25) is 0 Å². The van der Waals surface area contributed by atoms with Crippen molar-refractivity contribution in [3.63, 3.8) is 0 Å². The van der Waals surface area contributed by atoms with Gasteiger partial charge in [0.25, 0.3) is 0 Å². The normalized spacial score (nSPS) is 19.0. The summed E-state index contributed by atoms with van der Waals surface area (Å²) >= 11 is 0. The molecule has 1 unspecified atom stereocenters. The predicted octanol–water partition coefficient (Wildman–Crippen LogP) is 3.23. The smallest absolute Gasteiger partial charge is 0.125 e. The van der Waals surface area contributed by atoms with Gasteiger partial charge >= 0.3 is 0 Å². The van der Waals surface area contributed by atoms with E-state index in [0.29, 0.717) is 5.92 Å². The second-order valence-electron chi connectivity index (χ2n) is 5.63. The number of hydrogen-bond donors (Lipinski definition) is 1. The molecule has 1 aromatic heterocycles. The molecule has 0 bridgehead atoms. The third-order valence-electron chi connectivity index (χ3n) is 3.95. The average Bonchev–Trinajstić information content (AvgIpc) is 2.48. The van der Waals surface area contributed by atoms with Crippen molar-refractivity contribution < 1.29 is 0 Å². The SMILES string of the molecule is Cc1cccc(-c2cnc(C)nc2C2CCCNC2)c1. The molecule has 1 aliphatic rings. The molecule has 1 N–H and O–H groups in total. The van der Waals surface area contributed by atoms with Crippen LogP contribution in [0.5, 0.6) is 0 Å². The van der Waals surface area contributed by atoms with Gasteiger partial charge in [-0.1, -0.05) is 29.8 Å². The van der Waals surface area contributed by atoms with E-state index >= 15 is 0 Å². The summed E-state index contributed by atoms with van der Waals surface area (Å²) in [7, 11) is 0. The van der Waals surface area contributed by atoms with Crippen molar-refractivity contribution in [3.8, 4) is 11.1 Å². The molecule has 1 atom stereocenters. The molecule has 3 nitrogen and oxygen atoms in total. The van der Waals surface area contributed by atoms with Crippen LogP contribution in [0, 0.1) is 13.8 Å². The maximum Gasteiger partial charge on any atom is 0.125 e. The molecule has 1 fully saturated rings. The number of rotatable bonds is 2. The summed E-state index contributed by atoms with van der Waals surface area (Å²) in [6.45, 7) is 6.25. The fourth-order valence-electron chi connectivity index (χ4n) is 2.92. The van der Waals surface area contributed by atoms with Gasteiger partial charge in [-0.25, -0.2) is 9.97 Å². The zero-order chi connectivity index (χ0) is 13.9. The Kier molecular flexibility index (Phi) is 3.79. The van der Waals surface area contributed by atoms with E-state index in [1.165, 1.54) is 35.2 Å². The van der Waals surface area contributed by atoms with Crippen LogP contribution in [0.3, 0.4) is 0 Å². The molecule has 0 saturated carbocycles. The van der Waals surface area contributed by atoms with E-state index in [-0.39, 0.29) is 0 Å². The molecule has 3 heteroatoms. The van der Waals surface area contributed by atoms with Crippen molar-refractivity contribution in [1.29, 1.82) is 0 Å². The monoisotopic (exact) mass is 267 g/mol. The summed E-state index contributed by atoms with van der Waals surface area (Å²) in [5.41, 5.74) is 4.89. The van der Waals surface area contributed by atoms with E-state index in [1.54, 1.807) is 0 Å². The highest BCUT2D eigenvalue weighted by Crippen LogP contribution is 2.31. The van der Waals surface area contributed by atoms with Gasteiger partial charge in [0, 0.05) is 24.2 Å². The Balaban J connectivity index is 2.05. The van der Waals surface area contributed by atoms with Gasteiger partial charge in [0.1, 0.15) is 5.82 Å². The molecule has 1 saturated heterocycles. The van der Waals surface area contributed by atoms with E-state index in [2.05, 4.69) is 41.5 Å². The van der Waals surface area contributed by atoms with E-state index in [0.717, 1.165) is 18.9 Å². The Morgan fingerprint density at radius 3 is 2.90 bits per heavy atom. The van der Waals surface area contributed by atoms with Crippen molar-refractivity contribution in [2.24, 2.45) is 0 Å². The van der Waals surface area contributed by atoms with Crippen LogP contribution < -0.4 is 5.32 Å². The van der Waals surface area contributed by atoms with E-state index in [4.69, 9.17) is 4.98 Å². The largest absolute Gasteiger partial charge is 0.316 e. The van der Waals surface area contributed by atoms with Gasteiger partial charge in [-0.3, -0.25) is 0 Å². The van der Waals surface area contributed by atoms with Crippen molar-refractivity contribution in [2.75, 3.05) is 13.1 Å². The van der Waals surface area contributed by atoms with Crippen LogP contribution in [-0.2, 0) is 0 Å². The zero-order valence-electron chi connectivity index (χ0n) is 12.2. The Morgan fingerprint density at radius 1 is 1.25 bits per heavy atom. The summed E-state index contributed by atoms with van der Waals surface area (Å²) in [6.07, 6.45) is 4.42. The highest BCUT2D eigenvalue weighted by Gasteiger charge is 2.21. The highest BCUT2D eigenvalue weighted by atomic mass is 14.9. The van der Waals surface area contributed by atoms with Crippen LogP contribution in [0.2, 0.25) is 0 Å². The minimum atomic E-state index is 0.501. The Bertz CT molecular complexity index is 601. The van der Waals surface area contributed by atoms with Crippen molar-refractivity contribution in [2.45, 2.75) is 32.6 Å². The highest BCUT2D eigenvalue weighted by molar-refractivity contribution is 5.66. The summed E-state index contributed by atoms with van der Waals surface area (Å²) in [5.74, 6) is 1.36. The Hall–Kier alpha value is -1.74. The van der Waals surface area contributed by atoms with Crippen molar-refractivity contribution in [3.05, 3.63) is 47.5 Å². The van der Waals surface area contributed by atoms with Crippen molar-refractivity contribution in [1.82, 2.24) is 15.3 Å². The topological polar surface area (TPSA) is 37.8 Å². The third-order valence-corrected chi connectivity index (χ3v) is 3.95. The van der Waals surface area contributed by atoms with Gasteiger partial charge in [0.15, 0.2) is 0 Å². The first-order chi connectivity index (χ1) is 9.74. The molecule has 20 heavy (non-hydrogen) atoms.